The number of Topliss-reactive ketones (excluding diaryl/α,β-unsaturated/α-hetero) is 3. The Morgan fingerprint density at radius 3 is 1.31 bits per heavy atom. The number of hydrogen-bond donors (Lipinski definition) is 1. The van der Waals surface area contributed by atoms with Gasteiger partial charge in [-0.1, -0.05) is 158 Å². The van der Waals surface area contributed by atoms with Gasteiger partial charge in [-0.15, -0.1) is 0 Å². The zero-order valence-corrected chi connectivity index (χ0v) is 84.9. The molecule has 25 heteroatoms. The molecule has 2 bridgehead atoms. The number of piperidine rings is 2. The number of halogens is 5. The normalized spacial score (nSPS) is 17.5. The van der Waals surface area contributed by atoms with Crippen LogP contribution in [0.1, 0.15) is 176 Å². The lowest BCUT2D eigenvalue weighted by atomic mass is 9.86. The van der Waals surface area contributed by atoms with Gasteiger partial charge in [0.1, 0.15) is 48.1 Å². The lowest BCUT2D eigenvalue weighted by Gasteiger charge is -2.39. The first-order chi connectivity index (χ1) is 65.7. The molecule has 9 heterocycles. The molecule has 2 atom stereocenters. The topological polar surface area (TPSA) is 166 Å². The maximum atomic E-state index is 13.3. The van der Waals surface area contributed by atoms with Gasteiger partial charge in [-0.3, -0.25) is 33.9 Å². The number of ketones is 3. The second-order valence-corrected chi connectivity index (χ2v) is 40.3. The van der Waals surface area contributed by atoms with E-state index >= 15 is 0 Å². The number of amides is 1. The number of hydrogen-bond acceptors (Lipinski definition) is 15. The number of unbranched alkanes of at least 4 members (excludes halogenated alkanes) is 2. The highest BCUT2D eigenvalue weighted by molar-refractivity contribution is 9.11. The van der Waals surface area contributed by atoms with Gasteiger partial charge in [0.25, 0.3) is 5.91 Å². The Labute approximate surface area is 829 Å². The van der Waals surface area contributed by atoms with Crippen LogP contribution < -0.4 is 29.0 Å². The SMILES string of the molecule is CC(=O)c1cn(CCCN2CCC(Oc3ccccc3Cl)CC2)c2c(Br)cccc12.CCCCCC1CC2CCC(C1)N2CCCn1cc(C(C)=O)c2cccc(Br)c21.COc1cccc2c(C(=O)C3CC3)cn(CCCN3CCN(CCOc4ccc(Cl)cc4)CC3)c12.COc1cccc2c(C(=O)NCc3cccc(C)c3)cn(CCCN3CCN(CCOc4ccc(Cl)cc4)CC3)c12. The molecule has 718 valence electrons. The number of nitrogens with zero attached hydrogens (tertiary/aromatic N) is 10. The second kappa shape index (κ2) is 49.5. The van der Waals surface area contributed by atoms with E-state index in [0.29, 0.717) is 30.3 Å². The van der Waals surface area contributed by atoms with Crippen molar-refractivity contribution in [1.29, 1.82) is 0 Å². The maximum absolute atomic E-state index is 13.3. The minimum atomic E-state index is -0.0697. The van der Waals surface area contributed by atoms with Gasteiger partial charge in [-0.2, -0.15) is 0 Å². The van der Waals surface area contributed by atoms with Gasteiger partial charge in [-0.05, 0) is 246 Å². The van der Waals surface area contributed by atoms with Crippen molar-refractivity contribution in [3.05, 3.63) is 252 Å². The summed E-state index contributed by atoms with van der Waals surface area (Å²) < 4.78 is 40.2. The molecular weight excluding hydrogens is 1890 g/mol. The molecule has 8 aromatic carbocycles. The molecule has 135 heavy (non-hydrogen) atoms. The minimum absolute atomic E-state index is 0.0697. The van der Waals surface area contributed by atoms with E-state index in [1.165, 1.54) is 63.5 Å². The average molecular weight is 2020 g/mol. The molecule has 0 spiro atoms. The molecule has 4 aromatic heterocycles. The van der Waals surface area contributed by atoms with Gasteiger partial charge in [-0.25, -0.2) is 0 Å². The Bertz CT molecular complexity index is 5900. The van der Waals surface area contributed by atoms with Crippen molar-refractivity contribution in [2.24, 2.45) is 11.8 Å². The number of carbonyl (C=O) groups is 4. The second-order valence-electron chi connectivity index (χ2n) is 37.3. The first-order valence-electron chi connectivity index (χ1n) is 49.0. The number of nitrogens with one attached hydrogen (secondary N) is 1. The number of para-hydroxylation sites is 5. The highest BCUT2D eigenvalue weighted by Crippen LogP contribution is 2.43. The van der Waals surface area contributed by atoms with Gasteiger partial charge in [0.2, 0.25) is 0 Å². The van der Waals surface area contributed by atoms with E-state index in [9.17, 15) is 19.2 Å². The Hall–Kier alpha value is -9.01. The van der Waals surface area contributed by atoms with E-state index < -0.39 is 0 Å². The summed E-state index contributed by atoms with van der Waals surface area (Å²) in [7, 11) is 3.39. The molecule has 1 N–H and O–H groups in total. The molecule has 1 saturated carbocycles. The van der Waals surface area contributed by atoms with E-state index in [-0.39, 0.29) is 35.3 Å². The first kappa shape index (κ1) is 100. The van der Waals surface area contributed by atoms with Crippen LogP contribution in [0.4, 0.5) is 0 Å². The molecule has 6 aliphatic rings. The summed E-state index contributed by atoms with van der Waals surface area (Å²) in [5, 5.41) is 9.26. The van der Waals surface area contributed by atoms with Crippen molar-refractivity contribution in [1.82, 2.24) is 53.0 Å². The van der Waals surface area contributed by atoms with E-state index in [4.69, 9.17) is 58.5 Å². The predicted octanol–water partition coefficient (Wildman–Crippen LogP) is 23.6. The largest absolute Gasteiger partial charge is 0.495 e. The Morgan fingerprint density at radius 2 is 0.844 bits per heavy atom. The van der Waals surface area contributed by atoms with E-state index in [2.05, 4.69) is 141 Å². The molecule has 5 saturated heterocycles. The summed E-state index contributed by atoms with van der Waals surface area (Å²) in [6.45, 7) is 29.7. The molecule has 0 radical (unpaired) electrons. The van der Waals surface area contributed by atoms with Crippen molar-refractivity contribution < 1.29 is 42.9 Å². The van der Waals surface area contributed by atoms with Crippen LogP contribution in [0.25, 0.3) is 43.6 Å². The fraction of sp³-hybridized carbons (Fsp3) is 0.455. The molecule has 1 amide bonds. The summed E-state index contributed by atoms with van der Waals surface area (Å²) in [4.78, 5) is 65.6. The fourth-order valence-electron chi connectivity index (χ4n) is 20.5. The van der Waals surface area contributed by atoms with Gasteiger partial charge in [0.15, 0.2) is 17.3 Å². The van der Waals surface area contributed by atoms with Crippen molar-refractivity contribution in [3.63, 3.8) is 0 Å². The predicted molar refractivity (Wildman–Crippen MR) is 556 cm³/mol. The maximum Gasteiger partial charge on any atom is 0.253 e. The van der Waals surface area contributed by atoms with Crippen molar-refractivity contribution >= 4 is 134 Å². The third kappa shape index (κ3) is 27.1. The summed E-state index contributed by atoms with van der Waals surface area (Å²) in [6, 6.07) is 56.7. The Kier molecular flexibility index (Phi) is 36.8. The van der Waals surface area contributed by atoms with Crippen LogP contribution in [0.5, 0.6) is 28.7 Å². The number of aryl methyl sites for hydroxylation is 5. The Morgan fingerprint density at radius 1 is 0.422 bits per heavy atom. The monoisotopic (exact) mass is 2020 g/mol. The van der Waals surface area contributed by atoms with Gasteiger partial charge >= 0.3 is 0 Å². The number of carbonyl (C=O) groups excluding carboxylic acids is 4. The zero-order valence-electron chi connectivity index (χ0n) is 79.5. The van der Waals surface area contributed by atoms with Gasteiger partial charge < -0.3 is 62.0 Å². The van der Waals surface area contributed by atoms with Crippen LogP contribution in [0.2, 0.25) is 15.1 Å². The van der Waals surface area contributed by atoms with Crippen molar-refractivity contribution in [3.8, 4) is 28.7 Å². The lowest BCUT2D eigenvalue weighted by molar-refractivity contribution is 0.0948. The number of likely N-dealkylation sites (tertiary alicyclic amines) is 1. The average Bonchev–Trinajstić information content (AvgIpc) is 1.64. The number of piperazine rings is 2. The smallest absolute Gasteiger partial charge is 0.253 e. The van der Waals surface area contributed by atoms with E-state index in [0.717, 1.165) is 307 Å². The van der Waals surface area contributed by atoms with Crippen LogP contribution >= 0.6 is 66.7 Å². The number of aromatic nitrogens is 4. The Balaban J connectivity index is 0.000000138. The third-order valence-corrected chi connectivity index (χ3v) is 29.9. The lowest BCUT2D eigenvalue weighted by Crippen LogP contribution is -2.47. The van der Waals surface area contributed by atoms with Crippen LogP contribution in [-0.4, -0.2) is 221 Å². The van der Waals surface area contributed by atoms with Crippen molar-refractivity contribution in [2.75, 3.05) is 132 Å². The number of ether oxygens (including phenoxy) is 5. The number of methoxy groups -OCH3 is 2. The van der Waals surface area contributed by atoms with Crippen LogP contribution in [0, 0.1) is 18.8 Å². The van der Waals surface area contributed by atoms with E-state index in [1.807, 2.05) is 152 Å². The number of rotatable bonds is 39. The standard InChI is InChI=1S/C33H39ClN4O3.C28H34ClN3O3.C25H35BrN2O.C24H26BrClN2O2/c1-25-6-3-7-26(22-25)23-35-33(39)30-24-38(32-29(30)8-4-9-31(32)40-2)15-5-14-36-16-18-37(19-17-36)20-21-41-28-12-10-27(34)11-13-28;1-34-26-5-2-4-24-25(28(33)21-6-7-21)20-32(27(24)26)13-3-12-30-14-16-31(17-15-30)18-19-35-23-10-8-22(29)9-11-23;1-3-4-5-8-19-15-20-11-12-21(16-19)28(20)14-7-13-27-17-23(18(2)29)22-9-6-10-24(26)25(22)27;1-17(29)20-16-28(24-19(20)6-4-7-21(24)25)13-5-12-27-14-10-18(11-15-27)30-23-9-3-2-8-22(23)26/h3-4,6-13,22,24H,5,14-21,23H2,1-2H3,(H,35,39);2,4-5,8-11,20-21H,3,6-7,12-19H2,1H3;6,9-10,17,19-21H,3-5,7-8,11-16H2,1-2H3;2-4,6-9,16,18H,5,10-15H2,1H3. The molecule has 5 aliphatic heterocycles. The summed E-state index contributed by atoms with van der Waals surface area (Å²) in [5.41, 5.74) is 9.74. The van der Waals surface area contributed by atoms with E-state index in [1.54, 1.807) is 28.1 Å². The molecular formula is C110H134Br2Cl3N11O9. The highest BCUT2D eigenvalue weighted by Gasteiger charge is 2.40. The molecule has 1 aliphatic carbocycles. The van der Waals surface area contributed by atoms with Crippen LogP contribution in [0.3, 0.4) is 0 Å². The minimum Gasteiger partial charge on any atom is -0.495 e. The van der Waals surface area contributed by atoms with Crippen molar-refractivity contribution in [2.45, 2.75) is 181 Å². The summed E-state index contributed by atoms with van der Waals surface area (Å²) in [5.74, 6) is 5.79. The molecule has 2 unspecified atom stereocenters. The van der Waals surface area contributed by atoms with Gasteiger partial charge in [0.05, 0.1) is 46.9 Å². The molecule has 18 rings (SSSR count). The van der Waals surface area contributed by atoms with Crippen LogP contribution in [0.15, 0.2) is 204 Å². The molecule has 6 fully saturated rings. The first-order valence-corrected chi connectivity index (χ1v) is 51.8. The van der Waals surface area contributed by atoms with Crippen LogP contribution in [-0.2, 0) is 32.7 Å². The molecule has 12 aromatic rings. The summed E-state index contributed by atoms with van der Waals surface area (Å²) >= 11 is 25.4. The van der Waals surface area contributed by atoms with Gasteiger partial charge in [0, 0.05) is 218 Å². The quantitative estimate of drug-likeness (QED) is 0.0285. The number of fused-ring (bicyclic) bond motifs is 6. The molecule has 20 nitrogen and oxygen atoms in total. The highest BCUT2D eigenvalue weighted by atomic mass is 79.9. The third-order valence-electron chi connectivity index (χ3n) is 27.8. The number of benzene rings is 8. The fourth-order valence-corrected chi connectivity index (χ4v) is 22.1. The zero-order chi connectivity index (χ0) is 94.3. The summed E-state index contributed by atoms with van der Waals surface area (Å²) in [6.07, 6.45) is 27.9.